The van der Waals surface area contributed by atoms with Gasteiger partial charge in [-0.1, -0.05) is 0 Å². The number of carbonyl (C=O) groups excluding carboxylic acids is 1. The Morgan fingerprint density at radius 2 is 2.00 bits per heavy atom. The third kappa shape index (κ3) is 4.85. The molecule has 2 aliphatic heterocycles. The highest BCUT2D eigenvalue weighted by atomic mass is 32.2. The van der Waals surface area contributed by atoms with Crippen LogP contribution in [0.4, 0.5) is 0 Å². The Balaban J connectivity index is 1.56. The summed E-state index contributed by atoms with van der Waals surface area (Å²) >= 11 is 0. The van der Waals surface area contributed by atoms with E-state index >= 15 is 0 Å². The highest BCUT2D eigenvalue weighted by Gasteiger charge is 2.21. The highest BCUT2D eigenvalue weighted by molar-refractivity contribution is 7.91. The second kappa shape index (κ2) is 8.05. The summed E-state index contributed by atoms with van der Waals surface area (Å²) in [6.45, 7) is 2.56. The Kier molecular flexibility index (Phi) is 5.80. The zero-order chi connectivity index (χ0) is 17.7. The van der Waals surface area contributed by atoms with E-state index in [1.54, 1.807) is 6.07 Å². The molecule has 0 aliphatic carbocycles. The average Bonchev–Trinajstić information content (AvgIpc) is 3.01. The van der Waals surface area contributed by atoms with Crippen LogP contribution >= 0.6 is 0 Å². The Hall–Kier alpha value is -1.80. The third-order valence-corrected chi connectivity index (χ3v) is 6.10. The number of hydrogen-bond donors (Lipinski definition) is 2. The topological polar surface area (TPSA) is 93.7 Å². The lowest BCUT2D eigenvalue weighted by atomic mass is 10.2. The van der Waals surface area contributed by atoms with Crippen LogP contribution in [0.15, 0.2) is 23.1 Å². The largest absolute Gasteiger partial charge is 0.490 e. The molecule has 1 amide bonds. The van der Waals surface area contributed by atoms with Gasteiger partial charge in [-0.15, -0.1) is 0 Å². The fraction of sp³-hybridized carbons (Fsp3) is 0.588. The van der Waals surface area contributed by atoms with Crippen molar-refractivity contribution in [2.45, 2.75) is 36.6 Å². The van der Waals surface area contributed by atoms with Crippen molar-refractivity contribution in [2.24, 2.45) is 0 Å². The molecule has 1 fully saturated rings. The molecule has 0 aromatic heterocycles. The zero-order valence-electron chi connectivity index (χ0n) is 14.1. The van der Waals surface area contributed by atoms with Gasteiger partial charge in [-0.05, 0) is 31.5 Å². The summed E-state index contributed by atoms with van der Waals surface area (Å²) in [5, 5.41) is 6.08. The summed E-state index contributed by atoms with van der Waals surface area (Å²) in [5.74, 6) is 0.525. The van der Waals surface area contributed by atoms with Gasteiger partial charge >= 0.3 is 0 Å². The summed E-state index contributed by atoms with van der Waals surface area (Å²) in [6, 6.07) is 4.89. The number of nitrogens with one attached hydrogen (secondary N) is 2. The Morgan fingerprint density at radius 1 is 1.20 bits per heavy atom. The van der Waals surface area contributed by atoms with Crippen molar-refractivity contribution < 1.29 is 22.7 Å². The Labute approximate surface area is 148 Å². The monoisotopic (exact) mass is 368 g/mol. The number of rotatable bonds is 6. The molecule has 0 saturated carbocycles. The van der Waals surface area contributed by atoms with E-state index in [9.17, 15) is 13.2 Å². The third-order valence-electron chi connectivity index (χ3n) is 4.38. The van der Waals surface area contributed by atoms with Gasteiger partial charge in [0.25, 0.3) is 0 Å². The van der Waals surface area contributed by atoms with E-state index in [1.165, 1.54) is 12.1 Å². The molecule has 25 heavy (non-hydrogen) atoms. The van der Waals surface area contributed by atoms with Crippen molar-refractivity contribution in [3.05, 3.63) is 18.2 Å². The predicted molar refractivity (Wildman–Crippen MR) is 92.8 cm³/mol. The van der Waals surface area contributed by atoms with Gasteiger partial charge in [0.2, 0.25) is 5.91 Å². The van der Waals surface area contributed by atoms with Crippen molar-refractivity contribution >= 4 is 15.7 Å². The zero-order valence-corrected chi connectivity index (χ0v) is 14.9. The number of amides is 1. The molecule has 0 spiro atoms. The first-order valence-corrected chi connectivity index (χ1v) is 10.3. The first-order valence-electron chi connectivity index (χ1n) is 8.67. The smallest absolute Gasteiger partial charge is 0.221 e. The number of sulfone groups is 1. The number of fused-ring (bicyclic) bond motifs is 1. The number of ether oxygens (including phenoxy) is 2. The van der Waals surface area contributed by atoms with E-state index in [1.807, 2.05) is 0 Å². The molecule has 8 heteroatoms. The van der Waals surface area contributed by atoms with Crippen LogP contribution < -0.4 is 20.1 Å². The van der Waals surface area contributed by atoms with Crippen LogP contribution in [-0.4, -0.2) is 52.4 Å². The van der Waals surface area contributed by atoms with Gasteiger partial charge in [0.1, 0.15) is 0 Å². The van der Waals surface area contributed by atoms with Gasteiger partial charge in [-0.3, -0.25) is 4.79 Å². The molecule has 0 radical (unpaired) electrons. The van der Waals surface area contributed by atoms with Crippen LogP contribution in [0.25, 0.3) is 0 Å². The summed E-state index contributed by atoms with van der Waals surface area (Å²) in [6.07, 6.45) is 2.85. The van der Waals surface area contributed by atoms with Crippen LogP contribution in [0.3, 0.4) is 0 Å². The van der Waals surface area contributed by atoms with E-state index in [4.69, 9.17) is 9.47 Å². The molecular formula is C17H24N2O5S. The molecule has 3 rings (SSSR count). The minimum Gasteiger partial charge on any atom is -0.490 e. The number of carbonyl (C=O) groups is 1. The lowest BCUT2D eigenvalue weighted by molar-refractivity contribution is -0.120. The highest BCUT2D eigenvalue weighted by Crippen LogP contribution is 2.32. The minimum absolute atomic E-state index is 0.0521. The lowest BCUT2D eigenvalue weighted by Gasteiger charge is -2.12. The number of benzene rings is 1. The second-order valence-corrected chi connectivity index (χ2v) is 8.43. The molecule has 0 bridgehead atoms. The molecule has 1 aromatic carbocycles. The summed E-state index contributed by atoms with van der Waals surface area (Å²) in [4.78, 5) is 12.1. The maximum atomic E-state index is 12.5. The van der Waals surface area contributed by atoms with Crippen LogP contribution in [0.2, 0.25) is 0 Å². The van der Waals surface area contributed by atoms with Crippen molar-refractivity contribution in [3.63, 3.8) is 0 Å². The number of hydrogen-bond acceptors (Lipinski definition) is 6. The molecule has 1 aromatic rings. The van der Waals surface area contributed by atoms with E-state index in [0.29, 0.717) is 37.3 Å². The van der Waals surface area contributed by atoms with Gasteiger partial charge in [-0.2, -0.15) is 0 Å². The fourth-order valence-electron chi connectivity index (χ4n) is 2.94. The van der Waals surface area contributed by atoms with Gasteiger partial charge in [-0.25, -0.2) is 8.42 Å². The quantitative estimate of drug-likeness (QED) is 0.774. The van der Waals surface area contributed by atoms with Gasteiger partial charge in [0, 0.05) is 31.5 Å². The molecule has 2 heterocycles. The van der Waals surface area contributed by atoms with Crippen molar-refractivity contribution in [3.8, 4) is 11.5 Å². The molecule has 2 N–H and O–H groups in total. The van der Waals surface area contributed by atoms with Crippen LogP contribution in [0.5, 0.6) is 11.5 Å². The normalized spacial score (nSPS) is 20.1. The Morgan fingerprint density at radius 3 is 2.76 bits per heavy atom. The maximum Gasteiger partial charge on any atom is 0.221 e. The molecule has 138 valence electrons. The van der Waals surface area contributed by atoms with Gasteiger partial charge < -0.3 is 20.1 Å². The van der Waals surface area contributed by atoms with Crippen molar-refractivity contribution in [2.75, 3.05) is 32.1 Å². The van der Waals surface area contributed by atoms with Gasteiger partial charge in [0.05, 0.1) is 23.9 Å². The van der Waals surface area contributed by atoms with E-state index in [2.05, 4.69) is 10.6 Å². The molecule has 1 saturated heterocycles. The maximum absolute atomic E-state index is 12.5. The van der Waals surface area contributed by atoms with E-state index in [0.717, 1.165) is 25.8 Å². The van der Waals surface area contributed by atoms with E-state index < -0.39 is 9.84 Å². The molecule has 2 aliphatic rings. The van der Waals surface area contributed by atoms with Crippen molar-refractivity contribution in [1.82, 2.24) is 10.6 Å². The average molecular weight is 368 g/mol. The first-order chi connectivity index (χ1) is 12.0. The summed E-state index contributed by atoms with van der Waals surface area (Å²) in [7, 11) is -3.55. The van der Waals surface area contributed by atoms with Crippen LogP contribution in [0.1, 0.15) is 25.7 Å². The fourth-order valence-corrected chi connectivity index (χ4v) is 4.19. The van der Waals surface area contributed by atoms with Crippen LogP contribution in [-0.2, 0) is 14.6 Å². The van der Waals surface area contributed by atoms with Gasteiger partial charge in [0.15, 0.2) is 21.3 Å². The second-order valence-electron chi connectivity index (χ2n) is 6.33. The van der Waals surface area contributed by atoms with Crippen molar-refractivity contribution in [1.29, 1.82) is 0 Å². The minimum atomic E-state index is -3.55. The Bertz CT molecular complexity index is 714. The molecule has 1 unspecified atom stereocenters. The summed E-state index contributed by atoms with van der Waals surface area (Å²) in [5.41, 5.74) is 0. The standard InChI is InChI=1S/C17H24N2O5S/c20-17(19-12-13-3-1-7-18-13)6-10-25(21,22)14-4-5-15-16(11-14)24-9-2-8-23-15/h4-5,11,13,18H,1-3,6-10,12H2,(H,19,20). The molecule has 7 nitrogen and oxygen atoms in total. The molecule has 1 atom stereocenters. The predicted octanol–water partition coefficient (Wildman–Crippen LogP) is 0.880. The summed E-state index contributed by atoms with van der Waals surface area (Å²) < 4.78 is 36.0. The lowest BCUT2D eigenvalue weighted by Crippen LogP contribution is -2.37. The molecular weight excluding hydrogens is 344 g/mol. The van der Waals surface area contributed by atoms with E-state index in [-0.39, 0.29) is 23.0 Å². The first kappa shape index (κ1) is 18.0. The van der Waals surface area contributed by atoms with Crippen LogP contribution in [0, 0.1) is 0 Å². The SMILES string of the molecule is O=C(CCS(=O)(=O)c1ccc2c(c1)OCCCO2)NCC1CCCN1.